The van der Waals surface area contributed by atoms with Crippen molar-refractivity contribution in [2.24, 2.45) is 0 Å². The summed E-state index contributed by atoms with van der Waals surface area (Å²) in [5.74, 6) is 0.745. The lowest BCUT2D eigenvalue weighted by Gasteiger charge is -2.10. The van der Waals surface area contributed by atoms with E-state index in [1.54, 1.807) is 6.07 Å². The van der Waals surface area contributed by atoms with E-state index < -0.39 is 0 Å². The van der Waals surface area contributed by atoms with Gasteiger partial charge in [-0.3, -0.25) is 4.79 Å². The van der Waals surface area contributed by atoms with E-state index in [0.717, 1.165) is 16.7 Å². The molecule has 1 aromatic heterocycles. The average molecular weight is 250 g/mol. The van der Waals surface area contributed by atoms with Crippen LogP contribution < -0.4 is 4.74 Å². The molecule has 3 nitrogen and oxygen atoms in total. The van der Waals surface area contributed by atoms with Gasteiger partial charge in [0.25, 0.3) is 0 Å². The van der Waals surface area contributed by atoms with Crippen molar-refractivity contribution in [3.05, 3.63) is 35.0 Å². The van der Waals surface area contributed by atoms with Crippen LogP contribution in [-0.4, -0.2) is 17.4 Å². The van der Waals surface area contributed by atoms with Gasteiger partial charge in [0.2, 0.25) is 0 Å². The molecule has 1 aromatic carbocycles. The molecule has 0 saturated heterocycles. The molecular weight excluding hydrogens is 238 g/mol. The minimum atomic E-state index is 0.108. The second kappa shape index (κ2) is 4.72. The summed E-state index contributed by atoms with van der Waals surface area (Å²) in [6.45, 7) is 3.92. The van der Waals surface area contributed by atoms with Crippen LogP contribution in [-0.2, 0) is 0 Å². The summed E-state index contributed by atoms with van der Waals surface area (Å²) >= 11 is 5.88. The van der Waals surface area contributed by atoms with Crippen molar-refractivity contribution >= 4 is 28.8 Å². The number of rotatable bonds is 3. The number of halogens is 1. The molecule has 0 aliphatic heterocycles. The summed E-state index contributed by atoms with van der Waals surface area (Å²) in [4.78, 5) is 14.9. The molecule has 17 heavy (non-hydrogen) atoms. The third-order valence-corrected chi connectivity index (χ3v) is 2.57. The van der Waals surface area contributed by atoms with Gasteiger partial charge in [0.05, 0.1) is 17.2 Å². The highest BCUT2D eigenvalue weighted by atomic mass is 35.5. The van der Waals surface area contributed by atoms with Crippen molar-refractivity contribution in [2.45, 2.75) is 20.0 Å². The van der Waals surface area contributed by atoms with Gasteiger partial charge in [-0.15, -0.1) is 0 Å². The minimum Gasteiger partial charge on any atom is -0.491 e. The topological polar surface area (TPSA) is 39.2 Å². The Labute approximate surface area is 104 Å². The summed E-state index contributed by atoms with van der Waals surface area (Å²) in [5.41, 5.74) is 1.12. The Kier molecular flexibility index (Phi) is 3.29. The van der Waals surface area contributed by atoms with E-state index in [4.69, 9.17) is 16.3 Å². The molecule has 0 aliphatic rings. The van der Waals surface area contributed by atoms with Gasteiger partial charge in [0.1, 0.15) is 10.9 Å². The molecule has 0 radical (unpaired) electrons. The van der Waals surface area contributed by atoms with Crippen LogP contribution in [0.5, 0.6) is 5.75 Å². The van der Waals surface area contributed by atoms with Crippen molar-refractivity contribution in [1.29, 1.82) is 0 Å². The normalized spacial score (nSPS) is 10.8. The number of benzene rings is 1. The summed E-state index contributed by atoms with van der Waals surface area (Å²) in [5, 5.41) is 1.09. The second-order valence-electron chi connectivity index (χ2n) is 4.01. The molecule has 0 saturated carbocycles. The summed E-state index contributed by atoms with van der Waals surface area (Å²) in [6, 6.07) is 7.25. The molecule has 1 heterocycles. The van der Waals surface area contributed by atoms with Gasteiger partial charge < -0.3 is 4.74 Å². The highest BCUT2D eigenvalue weighted by Crippen LogP contribution is 2.24. The van der Waals surface area contributed by atoms with Gasteiger partial charge in [-0.1, -0.05) is 11.6 Å². The number of hydrogen-bond donors (Lipinski definition) is 0. The predicted molar refractivity (Wildman–Crippen MR) is 67.9 cm³/mol. The van der Waals surface area contributed by atoms with Crippen molar-refractivity contribution in [2.75, 3.05) is 0 Å². The van der Waals surface area contributed by atoms with Crippen LogP contribution in [0.25, 0.3) is 10.9 Å². The van der Waals surface area contributed by atoms with Crippen LogP contribution in [0, 0.1) is 0 Å². The molecule has 0 spiro atoms. The van der Waals surface area contributed by atoms with Gasteiger partial charge in [-0.2, -0.15) is 0 Å². The Balaban J connectivity index is 2.51. The smallest absolute Gasteiger partial charge is 0.153 e. The van der Waals surface area contributed by atoms with Crippen molar-refractivity contribution in [1.82, 2.24) is 4.98 Å². The van der Waals surface area contributed by atoms with E-state index in [-0.39, 0.29) is 11.3 Å². The van der Waals surface area contributed by atoms with Gasteiger partial charge in [0, 0.05) is 11.5 Å². The summed E-state index contributed by atoms with van der Waals surface area (Å²) < 4.78 is 5.57. The Morgan fingerprint density at radius 2 is 2.12 bits per heavy atom. The quantitative estimate of drug-likeness (QED) is 0.617. The zero-order chi connectivity index (χ0) is 12.4. The Hall–Kier alpha value is -1.61. The van der Waals surface area contributed by atoms with E-state index in [1.807, 2.05) is 32.0 Å². The van der Waals surface area contributed by atoms with E-state index in [0.29, 0.717) is 11.8 Å². The Morgan fingerprint density at radius 1 is 1.35 bits per heavy atom. The number of aldehydes is 1. The Bertz CT molecular complexity index is 567. The second-order valence-corrected chi connectivity index (χ2v) is 4.37. The molecule has 88 valence electrons. The number of pyridine rings is 1. The lowest BCUT2D eigenvalue weighted by molar-refractivity contribution is 0.112. The number of hydrogen-bond acceptors (Lipinski definition) is 3. The molecule has 2 rings (SSSR count). The highest BCUT2D eigenvalue weighted by molar-refractivity contribution is 6.32. The maximum Gasteiger partial charge on any atom is 0.153 e. The summed E-state index contributed by atoms with van der Waals surface area (Å²) in [7, 11) is 0. The number of carbonyl (C=O) groups excluding carboxylic acids is 1. The van der Waals surface area contributed by atoms with Gasteiger partial charge >= 0.3 is 0 Å². The van der Waals surface area contributed by atoms with Crippen molar-refractivity contribution in [3.63, 3.8) is 0 Å². The lowest BCUT2D eigenvalue weighted by Crippen LogP contribution is -2.05. The van der Waals surface area contributed by atoms with Crippen LogP contribution in [0.1, 0.15) is 24.2 Å². The molecule has 0 aliphatic carbocycles. The van der Waals surface area contributed by atoms with Crippen molar-refractivity contribution in [3.8, 4) is 5.75 Å². The zero-order valence-electron chi connectivity index (χ0n) is 9.61. The van der Waals surface area contributed by atoms with Crippen LogP contribution in [0.2, 0.25) is 5.15 Å². The van der Waals surface area contributed by atoms with Gasteiger partial charge in [0.15, 0.2) is 6.29 Å². The average Bonchev–Trinajstić information content (AvgIpc) is 2.27. The first-order valence-electron chi connectivity index (χ1n) is 5.32. The summed E-state index contributed by atoms with van der Waals surface area (Å²) in [6.07, 6.45) is 0.810. The Morgan fingerprint density at radius 3 is 2.76 bits per heavy atom. The fraction of sp³-hybridized carbons (Fsp3) is 0.231. The van der Waals surface area contributed by atoms with Gasteiger partial charge in [-0.25, -0.2) is 4.98 Å². The first-order valence-corrected chi connectivity index (χ1v) is 5.70. The molecule has 0 bridgehead atoms. The van der Waals surface area contributed by atoms with E-state index in [2.05, 4.69) is 4.98 Å². The predicted octanol–water partition coefficient (Wildman–Crippen LogP) is 3.49. The molecule has 0 N–H and O–H groups in total. The molecular formula is C13H12ClNO2. The number of aromatic nitrogens is 1. The number of carbonyl (C=O) groups is 1. The van der Waals surface area contributed by atoms with Crippen LogP contribution in [0.4, 0.5) is 0 Å². The van der Waals surface area contributed by atoms with Crippen LogP contribution in [0.15, 0.2) is 24.3 Å². The largest absolute Gasteiger partial charge is 0.491 e. The zero-order valence-corrected chi connectivity index (χ0v) is 10.4. The fourth-order valence-electron chi connectivity index (χ4n) is 1.57. The van der Waals surface area contributed by atoms with Crippen LogP contribution >= 0.6 is 11.6 Å². The molecule has 4 heteroatoms. The SMILES string of the molecule is CC(C)Oc1ccc2cc(C=O)c(Cl)nc2c1. The van der Waals surface area contributed by atoms with Crippen molar-refractivity contribution < 1.29 is 9.53 Å². The van der Waals surface area contributed by atoms with E-state index in [1.165, 1.54) is 0 Å². The highest BCUT2D eigenvalue weighted by Gasteiger charge is 2.06. The molecule has 0 fully saturated rings. The third kappa shape index (κ3) is 2.56. The minimum absolute atomic E-state index is 0.108. The fourth-order valence-corrected chi connectivity index (χ4v) is 1.76. The monoisotopic (exact) mass is 249 g/mol. The molecule has 0 amide bonds. The van der Waals surface area contributed by atoms with Crippen LogP contribution in [0.3, 0.4) is 0 Å². The first kappa shape index (κ1) is 11.9. The standard InChI is InChI=1S/C13H12ClNO2/c1-8(2)17-11-4-3-9-5-10(7-16)13(14)15-12(9)6-11/h3-8H,1-2H3. The number of nitrogens with zero attached hydrogens (tertiary/aromatic N) is 1. The van der Waals surface area contributed by atoms with E-state index >= 15 is 0 Å². The third-order valence-electron chi connectivity index (χ3n) is 2.27. The molecule has 0 atom stereocenters. The number of fused-ring (bicyclic) bond motifs is 1. The molecule has 0 unspecified atom stereocenters. The lowest BCUT2D eigenvalue weighted by atomic mass is 10.1. The van der Waals surface area contributed by atoms with E-state index in [9.17, 15) is 4.79 Å². The molecule has 2 aromatic rings. The number of ether oxygens (including phenoxy) is 1. The maximum atomic E-state index is 10.7. The van der Waals surface area contributed by atoms with Gasteiger partial charge in [-0.05, 0) is 32.0 Å². The first-order chi connectivity index (χ1) is 8.10. The maximum absolute atomic E-state index is 10.7.